The van der Waals surface area contributed by atoms with E-state index in [2.05, 4.69) is 15.6 Å². The third-order valence-corrected chi connectivity index (χ3v) is 3.65. The number of hydrogen-bond acceptors (Lipinski definition) is 2. The van der Waals surface area contributed by atoms with Gasteiger partial charge in [-0.25, -0.2) is 9.38 Å². The predicted molar refractivity (Wildman–Crippen MR) is 97.9 cm³/mol. The van der Waals surface area contributed by atoms with Crippen molar-refractivity contribution in [3.63, 3.8) is 0 Å². The number of aryl methyl sites for hydroxylation is 1. The Morgan fingerprint density at radius 2 is 2.00 bits per heavy atom. The van der Waals surface area contributed by atoms with E-state index in [-0.39, 0.29) is 18.3 Å². The molecule has 1 heterocycles. The Morgan fingerprint density at radius 1 is 1.28 bits per heavy atom. The van der Waals surface area contributed by atoms with Crippen LogP contribution in [0.1, 0.15) is 12.6 Å². The Bertz CT molecular complexity index is 723. The molecular formula is C18H24FN5O. The van der Waals surface area contributed by atoms with Crippen molar-refractivity contribution in [1.29, 1.82) is 0 Å². The highest BCUT2D eigenvalue weighted by atomic mass is 19.1. The van der Waals surface area contributed by atoms with E-state index in [9.17, 15) is 9.18 Å². The van der Waals surface area contributed by atoms with Crippen LogP contribution < -0.4 is 10.6 Å². The number of halogens is 1. The van der Waals surface area contributed by atoms with Crippen LogP contribution in [0.3, 0.4) is 0 Å². The molecule has 1 aromatic carbocycles. The summed E-state index contributed by atoms with van der Waals surface area (Å²) < 4.78 is 14.9. The van der Waals surface area contributed by atoms with E-state index in [0.717, 1.165) is 5.69 Å². The molecule has 1 amide bonds. The Labute approximate surface area is 147 Å². The Kier molecular flexibility index (Phi) is 6.56. The predicted octanol–water partition coefficient (Wildman–Crippen LogP) is 2.20. The molecular weight excluding hydrogens is 321 g/mol. The summed E-state index contributed by atoms with van der Waals surface area (Å²) in [7, 11) is 3.91. The van der Waals surface area contributed by atoms with Crippen LogP contribution in [0.25, 0.3) is 0 Å². The van der Waals surface area contributed by atoms with Gasteiger partial charge >= 0.3 is 0 Å². The maximum atomic E-state index is 12.9. The second kappa shape index (κ2) is 8.86. The van der Waals surface area contributed by atoms with Gasteiger partial charge in [0.1, 0.15) is 12.4 Å². The zero-order valence-electron chi connectivity index (χ0n) is 14.8. The van der Waals surface area contributed by atoms with Crippen LogP contribution in [-0.4, -0.2) is 41.5 Å². The molecule has 2 rings (SSSR count). The average molecular weight is 345 g/mol. The second-order valence-corrected chi connectivity index (χ2v) is 5.69. The first-order valence-electron chi connectivity index (χ1n) is 8.14. The molecule has 0 unspecified atom stereocenters. The summed E-state index contributed by atoms with van der Waals surface area (Å²) in [5.74, 6) is 0.0555. The number of aliphatic imine (C=N–C) groups is 1. The van der Waals surface area contributed by atoms with Crippen molar-refractivity contribution in [2.24, 2.45) is 12.0 Å². The number of hydrogen-bond donors (Lipinski definition) is 2. The molecule has 0 aliphatic rings. The first-order valence-corrected chi connectivity index (χ1v) is 8.14. The summed E-state index contributed by atoms with van der Waals surface area (Å²) in [5, 5.41) is 5.88. The van der Waals surface area contributed by atoms with Gasteiger partial charge < -0.3 is 20.1 Å². The number of carbonyl (C=O) groups is 1. The molecule has 134 valence electrons. The molecule has 6 nitrogen and oxygen atoms in total. The van der Waals surface area contributed by atoms with Crippen molar-refractivity contribution in [2.45, 2.75) is 13.5 Å². The third kappa shape index (κ3) is 5.63. The van der Waals surface area contributed by atoms with Gasteiger partial charge in [0.2, 0.25) is 5.91 Å². The van der Waals surface area contributed by atoms with Gasteiger partial charge in [-0.05, 0) is 43.3 Å². The molecule has 1 aromatic heterocycles. The van der Waals surface area contributed by atoms with E-state index in [1.54, 1.807) is 0 Å². The van der Waals surface area contributed by atoms with E-state index < -0.39 is 0 Å². The number of benzene rings is 1. The number of nitrogens with one attached hydrogen (secondary N) is 2. The first-order chi connectivity index (χ1) is 12.0. The lowest BCUT2D eigenvalue weighted by molar-refractivity contribution is -0.114. The minimum absolute atomic E-state index is 0.0167. The molecule has 7 heteroatoms. The van der Waals surface area contributed by atoms with Crippen molar-refractivity contribution < 1.29 is 9.18 Å². The van der Waals surface area contributed by atoms with Gasteiger partial charge in [-0.15, -0.1) is 0 Å². The van der Waals surface area contributed by atoms with Gasteiger partial charge in [-0.1, -0.05) is 0 Å². The highest BCUT2D eigenvalue weighted by Crippen LogP contribution is 2.08. The van der Waals surface area contributed by atoms with Gasteiger partial charge in [0.25, 0.3) is 0 Å². The first kappa shape index (κ1) is 18.5. The number of aromatic nitrogens is 1. The molecule has 0 aliphatic carbocycles. The van der Waals surface area contributed by atoms with Crippen LogP contribution in [0.15, 0.2) is 47.6 Å². The van der Waals surface area contributed by atoms with E-state index >= 15 is 0 Å². The SMILES string of the molecule is CCNC(=NCC(=O)Nc1ccc(F)cc1)N(C)Cc1cccn1C. The van der Waals surface area contributed by atoms with Crippen molar-refractivity contribution in [3.05, 3.63) is 54.1 Å². The van der Waals surface area contributed by atoms with Crippen LogP contribution in [0.4, 0.5) is 10.1 Å². The van der Waals surface area contributed by atoms with Crippen LogP contribution in [0.2, 0.25) is 0 Å². The fraction of sp³-hybridized carbons (Fsp3) is 0.333. The van der Waals surface area contributed by atoms with Crippen LogP contribution in [0, 0.1) is 5.82 Å². The molecule has 0 saturated heterocycles. The molecule has 0 saturated carbocycles. The van der Waals surface area contributed by atoms with Crippen molar-refractivity contribution in [2.75, 3.05) is 25.5 Å². The number of anilines is 1. The van der Waals surface area contributed by atoms with Gasteiger partial charge in [0, 0.05) is 38.2 Å². The number of carbonyl (C=O) groups excluding carboxylic acids is 1. The lowest BCUT2D eigenvalue weighted by Gasteiger charge is -2.22. The topological polar surface area (TPSA) is 61.7 Å². The molecule has 2 aromatic rings. The summed E-state index contributed by atoms with van der Waals surface area (Å²) in [6, 6.07) is 9.67. The number of amides is 1. The maximum absolute atomic E-state index is 12.9. The Morgan fingerprint density at radius 3 is 2.60 bits per heavy atom. The van der Waals surface area contributed by atoms with E-state index in [1.165, 1.54) is 24.3 Å². The third-order valence-electron chi connectivity index (χ3n) is 3.65. The Hall–Kier alpha value is -2.83. The highest BCUT2D eigenvalue weighted by Gasteiger charge is 2.09. The highest BCUT2D eigenvalue weighted by molar-refractivity contribution is 5.94. The normalized spacial score (nSPS) is 11.3. The van der Waals surface area contributed by atoms with E-state index in [4.69, 9.17) is 0 Å². The summed E-state index contributed by atoms with van der Waals surface area (Å²) >= 11 is 0. The van der Waals surface area contributed by atoms with Gasteiger partial charge in [-0.3, -0.25) is 4.79 Å². The lowest BCUT2D eigenvalue weighted by atomic mass is 10.3. The van der Waals surface area contributed by atoms with E-state index in [0.29, 0.717) is 24.7 Å². The smallest absolute Gasteiger partial charge is 0.246 e. The van der Waals surface area contributed by atoms with Gasteiger partial charge in [0.05, 0.1) is 6.54 Å². The average Bonchev–Trinajstić information content (AvgIpc) is 2.98. The summed E-state index contributed by atoms with van der Waals surface area (Å²) in [6.07, 6.45) is 1.99. The minimum atomic E-state index is -0.340. The summed E-state index contributed by atoms with van der Waals surface area (Å²) in [6.45, 7) is 3.34. The number of rotatable bonds is 6. The maximum Gasteiger partial charge on any atom is 0.246 e. The monoisotopic (exact) mass is 345 g/mol. The quantitative estimate of drug-likeness (QED) is 0.623. The molecule has 25 heavy (non-hydrogen) atoms. The van der Waals surface area contributed by atoms with Crippen molar-refractivity contribution in [3.8, 4) is 0 Å². The molecule has 2 N–H and O–H groups in total. The summed E-state index contributed by atoms with van der Waals surface area (Å²) in [4.78, 5) is 18.4. The van der Waals surface area contributed by atoms with Crippen molar-refractivity contribution in [1.82, 2.24) is 14.8 Å². The summed E-state index contributed by atoms with van der Waals surface area (Å²) in [5.41, 5.74) is 1.69. The zero-order chi connectivity index (χ0) is 18.2. The standard InChI is InChI=1S/C18H24FN5O/c1-4-20-18(24(3)13-16-6-5-11-23(16)2)21-12-17(25)22-15-9-7-14(19)8-10-15/h5-11H,4,12-13H2,1-3H3,(H,20,21)(H,22,25). The Balaban J connectivity index is 1.96. The van der Waals surface area contributed by atoms with Crippen LogP contribution in [-0.2, 0) is 18.4 Å². The van der Waals surface area contributed by atoms with Gasteiger partial charge in [0.15, 0.2) is 5.96 Å². The van der Waals surface area contributed by atoms with Gasteiger partial charge in [-0.2, -0.15) is 0 Å². The lowest BCUT2D eigenvalue weighted by Crippen LogP contribution is -2.39. The fourth-order valence-corrected chi connectivity index (χ4v) is 2.33. The van der Waals surface area contributed by atoms with Crippen LogP contribution >= 0.6 is 0 Å². The largest absolute Gasteiger partial charge is 0.357 e. The molecule has 0 spiro atoms. The minimum Gasteiger partial charge on any atom is -0.357 e. The molecule has 0 radical (unpaired) electrons. The second-order valence-electron chi connectivity index (χ2n) is 5.69. The molecule has 0 atom stereocenters. The van der Waals surface area contributed by atoms with Crippen molar-refractivity contribution >= 4 is 17.6 Å². The van der Waals surface area contributed by atoms with Crippen LogP contribution in [0.5, 0.6) is 0 Å². The fourth-order valence-electron chi connectivity index (χ4n) is 2.33. The molecule has 0 aliphatic heterocycles. The number of guanidine groups is 1. The molecule has 0 fully saturated rings. The molecule has 0 bridgehead atoms. The van der Waals surface area contributed by atoms with E-state index in [1.807, 2.05) is 48.8 Å². The number of nitrogens with zero attached hydrogens (tertiary/aromatic N) is 3. The zero-order valence-corrected chi connectivity index (χ0v) is 14.8.